The summed E-state index contributed by atoms with van der Waals surface area (Å²) in [6, 6.07) is 5.41. The summed E-state index contributed by atoms with van der Waals surface area (Å²) in [5.74, 6) is -2.55. The lowest BCUT2D eigenvalue weighted by Crippen LogP contribution is -2.28. The Labute approximate surface area is 121 Å². The Balaban J connectivity index is 3.19. The minimum absolute atomic E-state index is 0.0348. The number of rotatable bonds is 6. The number of hydrogen-bond acceptors (Lipinski definition) is 3. The lowest BCUT2D eigenvalue weighted by atomic mass is 9.84. The van der Waals surface area contributed by atoms with Crippen molar-refractivity contribution in [3.8, 4) is 0 Å². The van der Waals surface area contributed by atoms with Gasteiger partial charge in [-0.1, -0.05) is 31.2 Å². The quantitative estimate of drug-likeness (QED) is 0.794. The zero-order valence-corrected chi connectivity index (χ0v) is 11.9. The number of aliphatic hydroxyl groups excluding tert-OH is 2. The molecule has 0 aliphatic carbocycles. The van der Waals surface area contributed by atoms with Crippen molar-refractivity contribution in [2.24, 2.45) is 0 Å². The van der Waals surface area contributed by atoms with Crippen LogP contribution in [0.15, 0.2) is 24.3 Å². The molecule has 2 N–H and O–H groups in total. The zero-order valence-electron chi connectivity index (χ0n) is 11.9. The van der Waals surface area contributed by atoms with Gasteiger partial charge in [0.25, 0.3) is 5.78 Å². The summed E-state index contributed by atoms with van der Waals surface area (Å²) in [5.41, 5.74) is -0.281. The maximum atomic E-state index is 12.6. The highest BCUT2D eigenvalue weighted by Gasteiger charge is 2.41. The Morgan fingerprint density at radius 2 is 1.81 bits per heavy atom. The maximum Gasteiger partial charge on any atom is 0.454 e. The molecular formula is C15H19F3O3. The van der Waals surface area contributed by atoms with Gasteiger partial charge in [-0.2, -0.15) is 13.2 Å². The maximum absolute atomic E-state index is 12.6. The molecule has 0 bridgehead atoms. The fourth-order valence-corrected chi connectivity index (χ4v) is 2.39. The molecule has 0 spiro atoms. The predicted molar refractivity (Wildman–Crippen MR) is 72.2 cm³/mol. The second-order valence-electron chi connectivity index (χ2n) is 5.08. The first-order valence-electron chi connectivity index (χ1n) is 6.75. The molecular weight excluding hydrogens is 285 g/mol. The largest absolute Gasteiger partial charge is 0.454 e. The summed E-state index contributed by atoms with van der Waals surface area (Å²) in [6.07, 6.45) is -6.36. The van der Waals surface area contributed by atoms with Crippen molar-refractivity contribution in [1.29, 1.82) is 0 Å². The topological polar surface area (TPSA) is 57.5 Å². The Hall–Kier alpha value is -1.40. The summed E-state index contributed by atoms with van der Waals surface area (Å²) < 4.78 is 37.9. The van der Waals surface area contributed by atoms with Crippen LogP contribution in [0.25, 0.3) is 0 Å². The minimum atomic E-state index is -4.95. The van der Waals surface area contributed by atoms with Crippen LogP contribution in [-0.2, 0) is 0 Å². The van der Waals surface area contributed by atoms with Gasteiger partial charge in [-0.25, -0.2) is 0 Å². The highest BCUT2D eigenvalue weighted by atomic mass is 19.4. The second-order valence-corrected chi connectivity index (χ2v) is 5.08. The average molecular weight is 304 g/mol. The number of halogens is 3. The fraction of sp³-hybridized carbons (Fsp3) is 0.533. The third-order valence-corrected chi connectivity index (χ3v) is 3.35. The molecule has 0 radical (unpaired) electrons. The zero-order chi connectivity index (χ0) is 16.2. The number of Topliss-reactive ketones (excluding diaryl/α,β-unsaturated/α-hetero) is 1. The molecule has 1 aromatic carbocycles. The number of carbonyl (C=O) groups excluding carboxylic acids is 1. The van der Waals surface area contributed by atoms with Crippen LogP contribution in [0, 0.1) is 0 Å². The van der Waals surface area contributed by atoms with Crippen molar-refractivity contribution < 1.29 is 28.2 Å². The number of ketones is 1. The van der Waals surface area contributed by atoms with E-state index in [2.05, 4.69) is 0 Å². The smallest absolute Gasteiger partial charge is 0.393 e. The van der Waals surface area contributed by atoms with E-state index in [1.165, 1.54) is 25.1 Å². The van der Waals surface area contributed by atoms with Gasteiger partial charge in [-0.15, -0.1) is 0 Å². The summed E-state index contributed by atoms with van der Waals surface area (Å²) in [7, 11) is 0. The molecule has 118 valence electrons. The van der Waals surface area contributed by atoms with E-state index in [0.29, 0.717) is 6.42 Å². The van der Waals surface area contributed by atoms with Crippen LogP contribution in [-0.4, -0.2) is 34.4 Å². The van der Waals surface area contributed by atoms with E-state index >= 15 is 0 Å². The van der Waals surface area contributed by atoms with E-state index < -0.39 is 35.6 Å². The summed E-state index contributed by atoms with van der Waals surface area (Å²) >= 11 is 0. The lowest BCUT2D eigenvalue weighted by Gasteiger charge is -2.25. The van der Waals surface area contributed by atoms with Gasteiger partial charge >= 0.3 is 6.18 Å². The van der Waals surface area contributed by atoms with Crippen molar-refractivity contribution in [2.75, 3.05) is 0 Å². The third-order valence-electron chi connectivity index (χ3n) is 3.35. The van der Waals surface area contributed by atoms with Crippen molar-refractivity contribution in [1.82, 2.24) is 0 Å². The summed E-state index contributed by atoms with van der Waals surface area (Å²) in [5, 5.41) is 19.4. The van der Waals surface area contributed by atoms with Crippen LogP contribution in [0.4, 0.5) is 13.2 Å². The Morgan fingerprint density at radius 1 is 1.24 bits per heavy atom. The van der Waals surface area contributed by atoms with E-state index in [-0.39, 0.29) is 12.0 Å². The van der Waals surface area contributed by atoms with Crippen molar-refractivity contribution in [2.45, 2.75) is 51.0 Å². The highest BCUT2D eigenvalue weighted by molar-refractivity contribution is 6.01. The van der Waals surface area contributed by atoms with Crippen LogP contribution in [0.3, 0.4) is 0 Å². The summed E-state index contributed by atoms with van der Waals surface area (Å²) in [4.78, 5) is 11.5. The van der Waals surface area contributed by atoms with Crippen LogP contribution in [0.5, 0.6) is 0 Å². The molecule has 1 rings (SSSR count). The van der Waals surface area contributed by atoms with E-state index in [4.69, 9.17) is 0 Å². The highest BCUT2D eigenvalue weighted by Crippen LogP contribution is 2.32. The monoisotopic (exact) mass is 304 g/mol. The Morgan fingerprint density at radius 3 is 2.29 bits per heavy atom. The van der Waals surface area contributed by atoms with Gasteiger partial charge in [0.05, 0.1) is 12.2 Å². The average Bonchev–Trinajstić information content (AvgIpc) is 2.37. The molecule has 0 saturated carbocycles. The number of aliphatic hydroxyl groups is 2. The normalized spacial score (nSPS) is 16.3. The molecule has 0 saturated heterocycles. The number of alkyl halides is 3. The number of hydrogen-bond donors (Lipinski definition) is 2. The Bertz CT molecular complexity index is 483. The third kappa shape index (κ3) is 4.54. The first-order valence-corrected chi connectivity index (χ1v) is 6.75. The van der Waals surface area contributed by atoms with Gasteiger partial charge < -0.3 is 10.2 Å². The molecule has 0 fully saturated rings. The number of benzene rings is 1. The molecule has 3 atom stereocenters. The molecule has 1 aromatic rings. The van der Waals surface area contributed by atoms with Crippen molar-refractivity contribution in [3.05, 3.63) is 35.4 Å². The van der Waals surface area contributed by atoms with Gasteiger partial charge in [-0.05, 0) is 25.3 Å². The molecule has 3 nitrogen and oxygen atoms in total. The molecule has 0 aliphatic heterocycles. The number of carbonyl (C=O) groups is 1. The van der Waals surface area contributed by atoms with Crippen LogP contribution >= 0.6 is 0 Å². The Kier molecular flexibility index (Phi) is 5.92. The molecule has 0 aliphatic rings. The van der Waals surface area contributed by atoms with Crippen molar-refractivity contribution in [3.63, 3.8) is 0 Å². The first-order chi connectivity index (χ1) is 9.68. The van der Waals surface area contributed by atoms with E-state index in [9.17, 15) is 28.2 Å². The molecule has 6 heteroatoms. The van der Waals surface area contributed by atoms with E-state index in [1.807, 2.05) is 0 Å². The van der Waals surface area contributed by atoms with Crippen molar-refractivity contribution >= 4 is 5.78 Å². The van der Waals surface area contributed by atoms with Gasteiger partial charge in [-0.3, -0.25) is 4.79 Å². The van der Waals surface area contributed by atoms with Crippen LogP contribution in [0.1, 0.15) is 48.5 Å². The second kappa shape index (κ2) is 7.04. The van der Waals surface area contributed by atoms with Crippen LogP contribution in [0.2, 0.25) is 0 Å². The van der Waals surface area contributed by atoms with Gasteiger partial charge in [0.15, 0.2) is 0 Å². The molecule has 0 amide bonds. The van der Waals surface area contributed by atoms with Gasteiger partial charge in [0.2, 0.25) is 0 Å². The fourth-order valence-electron chi connectivity index (χ4n) is 2.39. The van der Waals surface area contributed by atoms with E-state index in [1.54, 1.807) is 6.92 Å². The van der Waals surface area contributed by atoms with Gasteiger partial charge in [0, 0.05) is 11.5 Å². The predicted octanol–water partition coefficient (Wildman–Crippen LogP) is 3.06. The van der Waals surface area contributed by atoms with Gasteiger partial charge in [0.1, 0.15) is 0 Å². The molecule has 3 unspecified atom stereocenters. The standard InChI is InChI=1S/C15H19F3O3/c1-3-10(13(20)8-9(2)19)11-6-4-5-7-12(11)14(21)15(16,17)18/h4-7,9-10,13,19-20H,3,8H2,1-2H3. The molecule has 0 heterocycles. The summed E-state index contributed by atoms with van der Waals surface area (Å²) in [6.45, 7) is 3.20. The minimum Gasteiger partial charge on any atom is -0.393 e. The molecule has 0 aromatic heterocycles. The van der Waals surface area contributed by atoms with E-state index in [0.717, 1.165) is 6.07 Å². The first kappa shape index (κ1) is 17.7. The SMILES string of the molecule is CCC(c1ccccc1C(=O)C(F)(F)F)C(O)CC(C)O. The van der Waals surface area contributed by atoms with Crippen LogP contribution < -0.4 is 0 Å². The molecule has 21 heavy (non-hydrogen) atoms. The lowest BCUT2D eigenvalue weighted by molar-refractivity contribution is -0.0886.